The van der Waals surface area contributed by atoms with Crippen molar-refractivity contribution < 1.29 is 21.5 Å². The van der Waals surface area contributed by atoms with Crippen molar-refractivity contribution in [1.82, 2.24) is 8.01 Å². The minimum atomic E-state index is 0.350. The first-order valence-corrected chi connectivity index (χ1v) is 9.26. The maximum atomic E-state index is 2.71. The van der Waals surface area contributed by atoms with E-state index in [-0.39, 0.29) is 0 Å². The molecule has 1 spiro atoms. The minimum absolute atomic E-state index is 0.350. The van der Waals surface area contributed by atoms with Crippen LogP contribution in [0, 0.1) is 5.41 Å². The molecule has 0 aliphatic carbocycles. The number of alkyl halides is 1. The van der Waals surface area contributed by atoms with Crippen LogP contribution in [-0.4, -0.2) is 45.2 Å². The summed E-state index contributed by atoms with van der Waals surface area (Å²) >= 11 is 0.350. The Labute approximate surface area is 105 Å². The molecule has 0 aromatic carbocycles. The van der Waals surface area contributed by atoms with Gasteiger partial charge in [0.1, 0.15) is 0 Å². The Bertz CT molecular complexity index is 210. The first-order valence-electron chi connectivity index (χ1n) is 6.14. The molecule has 90 valence electrons. The van der Waals surface area contributed by atoms with Crippen LogP contribution in [0.4, 0.5) is 0 Å². The van der Waals surface area contributed by atoms with Gasteiger partial charge >= 0.3 is 105 Å². The van der Waals surface area contributed by atoms with E-state index in [1.54, 1.807) is 0 Å². The molecule has 0 amide bonds. The fraction of sp³-hybridized carbons (Fsp3) is 1.00. The SMILES string of the molecule is C[I-]N1CCC2(CC1)CCN(C(C)C)C2. The zero-order valence-corrected chi connectivity index (χ0v) is 12.5. The molecule has 0 unspecified atom stereocenters. The van der Waals surface area contributed by atoms with Gasteiger partial charge in [0.05, 0.1) is 0 Å². The standard InChI is InChI=1S/C12H24IN2/c1-11(2)14-7-4-12(10-14)5-8-15(13-3)9-6-12/h11H,4-10H2,1-3H3/q-1. The second kappa shape index (κ2) is 4.88. The van der Waals surface area contributed by atoms with Crippen LogP contribution in [0.5, 0.6) is 0 Å². The van der Waals surface area contributed by atoms with Crippen molar-refractivity contribution in [1.29, 1.82) is 0 Å². The molecule has 0 saturated carbocycles. The third kappa shape index (κ3) is 2.67. The molecular formula is C12H24IN2-. The fourth-order valence-corrected chi connectivity index (χ4v) is 4.39. The Balaban J connectivity index is 1.89. The second-order valence-corrected chi connectivity index (χ2v) is 7.72. The molecule has 2 nitrogen and oxygen atoms in total. The van der Waals surface area contributed by atoms with Crippen molar-refractivity contribution in [2.24, 2.45) is 5.41 Å². The Kier molecular flexibility index (Phi) is 3.94. The number of piperidine rings is 1. The van der Waals surface area contributed by atoms with Gasteiger partial charge in [-0.25, -0.2) is 0 Å². The average molecular weight is 323 g/mol. The summed E-state index contributed by atoms with van der Waals surface area (Å²) in [5.41, 5.74) is 0.708. The fourth-order valence-electron chi connectivity index (χ4n) is 2.94. The maximum absolute atomic E-state index is 2.71. The number of nitrogens with zero attached hydrogens (tertiary/aromatic N) is 2. The van der Waals surface area contributed by atoms with E-state index in [4.69, 9.17) is 0 Å². The number of rotatable bonds is 2. The summed E-state index contributed by atoms with van der Waals surface area (Å²) in [5, 5.41) is 0. The van der Waals surface area contributed by atoms with Crippen molar-refractivity contribution in [2.75, 3.05) is 31.1 Å². The predicted octanol–water partition coefficient (Wildman–Crippen LogP) is -1.18. The number of halogens is 1. The third-order valence-electron chi connectivity index (χ3n) is 4.21. The van der Waals surface area contributed by atoms with Gasteiger partial charge in [-0.15, -0.1) is 0 Å². The molecule has 3 heteroatoms. The predicted molar refractivity (Wildman–Crippen MR) is 60.5 cm³/mol. The van der Waals surface area contributed by atoms with Gasteiger partial charge in [-0.3, -0.25) is 0 Å². The summed E-state index contributed by atoms with van der Waals surface area (Å²) in [5.74, 6) is 0. The summed E-state index contributed by atoms with van der Waals surface area (Å²) < 4.78 is 2.71. The zero-order valence-electron chi connectivity index (χ0n) is 10.3. The van der Waals surface area contributed by atoms with E-state index in [1.165, 1.54) is 45.4 Å². The van der Waals surface area contributed by atoms with Gasteiger partial charge in [0.25, 0.3) is 0 Å². The Morgan fingerprint density at radius 1 is 1.07 bits per heavy atom. The molecular weight excluding hydrogens is 299 g/mol. The molecule has 0 radical (unpaired) electrons. The van der Waals surface area contributed by atoms with Crippen molar-refractivity contribution >= 4 is 0 Å². The molecule has 0 aromatic rings. The van der Waals surface area contributed by atoms with Gasteiger partial charge in [-0.1, -0.05) is 0 Å². The van der Waals surface area contributed by atoms with Gasteiger partial charge in [-0.2, -0.15) is 0 Å². The Morgan fingerprint density at radius 3 is 2.13 bits per heavy atom. The summed E-state index contributed by atoms with van der Waals surface area (Å²) in [7, 11) is 0. The van der Waals surface area contributed by atoms with Crippen LogP contribution in [-0.2, 0) is 0 Å². The van der Waals surface area contributed by atoms with Crippen molar-refractivity contribution in [3.63, 3.8) is 0 Å². The topological polar surface area (TPSA) is 6.48 Å². The van der Waals surface area contributed by atoms with Crippen molar-refractivity contribution in [3.8, 4) is 0 Å². The van der Waals surface area contributed by atoms with Gasteiger partial charge in [0, 0.05) is 0 Å². The van der Waals surface area contributed by atoms with Crippen LogP contribution in [0.3, 0.4) is 0 Å². The molecule has 2 aliphatic heterocycles. The van der Waals surface area contributed by atoms with Crippen LogP contribution in [0.1, 0.15) is 33.1 Å². The molecule has 0 N–H and O–H groups in total. The zero-order chi connectivity index (χ0) is 10.9. The number of hydrogen-bond acceptors (Lipinski definition) is 2. The van der Waals surface area contributed by atoms with E-state index in [0.29, 0.717) is 26.9 Å². The van der Waals surface area contributed by atoms with Crippen LogP contribution < -0.4 is 21.5 Å². The van der Waals surface area contributed by atoms with Crippen LogP contribution in [0.2, 0.25) is 0 Å². The Hall–Kier alpha value is 0.650. The van der Waals surface area contributed by atoms with Crippen molar-refractivity contribution in [2.45, 2.75) is 39.2 Å². The van der Waals surface area contributed by atoms with Gasteiger partial charge < -0.3 is 0 Å². The molecule has 0 bridgehead atoms. The second-order valence-electron chi connectivity index (χ2n) is 5.39. The van der Waals surface area contributed by atoms with E-state index in [9.17, 15) is 0 Å². The summed E-state index contributed by atoms with van der Waals surface area (Å²) in [6, 6.07) is 0.751. The monoisotopic (exact) mass is 323 g/mol. The Morgan fingerprint density at radius 2 is 1.67 bits per heavy atom. The van der Waals surface area contributed by atoms with Crippen LogP contribution >= 0.6 is 0 Å². The summed E-state index contributed by atoms with van der Waals surface area (Å²) in [6.45, 7) is 10.2. The summed E-state index contributed by atoms with van der Waals surface area (Å²) in [6.07, 6.45) is 4.38. The number of likely N-dealkylation sites (tertiary alicyclic amines) is 1. The first-order chi connectivity index (χ1) is 7.15. The van der Waals surface area contributed by atoms with Gasteiger partial charge in [-0.05, 0) is 0 Å². The molecule has 2 aliphatic rings. The van der Waals surface area contributed by atoms with E-state index < -0.39 is 0 Å². The molecule has 15 heavy (non-hydrogen) atoms. The molecule has 0 aromatic heterocycles. The van der Waals surface area contributed by atoms with Gasteiger partial charge in [0.2, 0.25) is 0 Å². The quantitative estimate of drug-likeness (QED) is 0.359. The van der Waals surface area contributed by atoms with Crippen LogP contribution in [0.15, 0.2) is 0 Å². The van der Waals surface area contributed by atoms with Gasteiger partial charge in [0.15, 0.2) is 0 Å². The summed E-state index contributed by atoms with van der Waals surface area (Å²) in [4.78, 5) is 5.07. The van der Waals surface area contributed by atoms with E-state index in [2.05, 4.69) is 26.8 Å². The normalized spacial score (nSPS) is 28.3. The average Bonchev–Trinajstić information content (AvgIpc) is 2.64. The van der Waals surface area contributed by atoms with Crippen LogP contribution in [0.25, 0.3) is 0 Å². The van der Waals surface area contributed by atoms with E-state index >= 15 is 0 Å². The molecule has 2 rings (SSSR count). The molecule has 0 atom stereocenters. The van der Waals surface area contributed by atoms with Crippen molar-refractivity contribution in [3.05, 3.63) is 0 Å². The molecule has 2 fully saturated rings. The first kappa shape index (κ1) is 12.1. The van der Waals surface area contributed by atoms with E-state index in [0.717, 1.165) is 6.04 Å². The molecule has 2 saturated heterocycles. The molecule has 2 heterocycles. The third-order valence-corrected chi connectivity index (χ3v) is 6.54. The van der Waals surface area contributed by atoms with E-state index in [1.807, 2.05) is 0 Å². The number of hydrogen-bond donors (Lipinski definition) is 0.